The molecule has 3 heterocycles. The number of rotatable bonds is 8. The third-order valence-electron chi connectivity index (χ3n) is 7.80. The predicted octanol–water partition coefficient (Wildman–Crippen LogP) is 4.02. The van der Waals surface area contributed by atoms with Crippen LogP contribution in [-0.2, 0) is 9.59 Å². The van der Waals surface area contributed by atoms with E-state index in [4.69, 9.17) is 9.57 Å². The first-order valence-corrected chi connectivity index (χ1v) is 15.1. The van der Waals surface area contributed by atoms with E-state index in [1.54, 1.807) is 12.1 Å². The predicted molar refractivity (Wildman–Crippen MR) is 163 cm³/mol. The molecule has 0 aliphatic carbocycles. The number of hydrogen-bond acceptors (Lipinski definition) is 9. The highest BCUT2D eigenvalue weighted by Gasteiger charge is 2.27. The summed E-state index contributed by atoms with van der Waals surface area (Å²) in [5.74, 6) is -0.318. The number of thiazole rings is 1. The van der Waals surface area contributed by atoms with Gasteiger partial charge in [-0.1, -0.05) is 23.5 Å². The van der Waals surface area contributed by atoms with Crippen LogP contribution in [0.3, 0.4) is 0 Å². The minimum Gasteiger partial charge on any atom is -0.493 e. The number of fused-ring (bicyclic) bond motifs is 1. The lowest BCUT2D eigenvalue weighted by atomic mass is 10.0. The topological polar surface area (TPSA) is 95.5 Å². The van der Waals surface area contributed by atoms with Crippen LogP contribution in [0.5, 0.6) is 11.5 Å². The van der Waals surface area contributed by atoms with Crippen LogP contribution in [-0.4, -0.2) is 96.7 Å². The Morgan fingerprint density at radius 2 is 1.76 bits per heavy atom. The Balaban J connectivity index is 1.19. The van der Waals surface area contributed by atoms with Crippen LogP contribution >= 0.6 is 11.3 Å². The number of methoxy groups -OCH3 is 1. The highest BCUT2D eigenvalue weighted by atomic mass is 32.1. The van der Waals surface area contributed by atoms with Crippen molar-refractivity contribution >= 4 is 44.3 Å². The summed E-state index contributed by atoms with van der Waals surface area (Å²) in [7, 11) is 3.63. The molecule has 1 aromatic heterocycles. The van der Waals surface area contributed by atoms with Crippen LogP contribution in [0.25, 0.3) is 10.2 Å². The second kappa shape index (κ2) is 13.5. The number of nitrogens with zero attached hydrogens (tertiary/aromatic N) is 5. The van der Waals surface area contributed by atoms with Gasteiger partial charge in [0.05, 0.1) is 17.3 Å². The molecule has 3 aromatic rings. The molecule has 0 atom stereocenters. The molecular weight excluding hydrogens is 554 g/mol. The van der Waals surface area contributed by atoms with E-state index in [1.807, 2.05) is 29.2 Å². The molecule has 0 bridgehead atoms. The lowest BCUT2D eigenvalue weighted by molar-refractivity contribution is -0.127. The molecule has 5 rings (SSSR count). The molecule has 42 heavy (non-hydrogen) atoms. The van der Waals surface area contributed by atoms with E-state index in [0.717, 1.165) is 54.3 Å². The molecule has 222 valence electrons. The summed E-state index contributed by atoms with van der Waals surface area (Å²) in [6.07, 6.45) is 5.73. The number of likely N-dealkylation sites (N-methyl/N-ethyl adjacent to an activating group) is 1. The number of hydroxylamine groups is 1. The average Bonchev–Trinajstić information content (AvgIpc) is 3.31. The van der Waals surface area contributed by atoms with Crippen molar-refractivity contribution in [3.05, 3.63) is 60.2 Å². The van der Waals surface area contributed by atoms with Crippen molar-refractivity contribution in [3.63, 3.8) is 0 Å². The summed E-state index contributed by atoms with van der Waals surface area (Å²) < 4.78 is 6.39. The molecule has 10 nitrogen and oxygen atoms in total. The van der Waals surface area contributed by atoms with Gasteiger partial charge in [0.25, 0.3) is 5.91 Å². The molecule has 0 saturated carbocycles. The third kappa shape index (κ3) is 6.97. The van der Waals surface area contributed by atoms with Gasteiger partial charge >= 0.3 is 0 Å². The summed E-state index contributed by atoms with van der Waals surface area (Å²) in [4.78, 5) is 55.4. The van der Waals surface area contributed by atoms with Gasteiger partial charge in [-0.25, -0.2) is 4.98 Å². The van der Waals surface area contributed by atoms with Crippen LogP contribution in [0.4, 0.5) is 5.13 Å². The Bertz CT molecular complexity index is 1430. The van der Waals surface area contributed by atoms with Crippen molar-refractivity contribution in [3.8, 4) is 11.5 Å². The van der Waals surface area contributed by atoms with E-state index in [2.05, 4.69) is 21.8 Å². The zero-order valence-electron chi connectivity index (χ0n) is 24.3. The van der Waals surface area contributed by atoms with Crippen LogP contribution in [0.2, 0.25) is 0 Å². The number of benzene rings is 2. The third-order valence-corrected chi connectivity index (χ3v) is 8.81. The number of ketones is 1. The zero-order valence-corrected chi connectivity index (χ0v) is 25.1. The number of carbonyl (C=O) groups is 3. The smallest absolute Gasteiger partial charge is 0.259 e. The summed E-state index contributed by atoms with van der Waals surface area (Å²) in [5, 5.41) is 1.49. The van der Waals surface area contributed by atoms with Gasteiger partial charge in [-0.05, 0) is 75.8 Å². The number of piperidine rings is 1. The fourth-order valence-corrected chi connectivity index (χ4v) is 6.37. The number of para-hydroxylation sites is 1. The second-order valence-electron chi connectivity index (χ2n) is 10.7. The molecular formula is C31H37N5O5S. The Morgan fingerprint density at radius 3 is 2.50 bits per heavy atom. The normalized spacial score (nSPS) is 17.4. The monoisotopic (exact) mass is 591 g/mol. The van der Waals surface area contributed by atoms with Gasteiger partial charge in [0.2, 0.25) is 11.0 Å². The summed E-state index contributed by atoms with van der Waals surface area (Å²) >= 11 is 1.33. The van der Waals surface area contributed by atoms with Crippen LogP contribution in [0.15, 0.2) is 54.6 Å². The summed E-state index contributed by atoms with van der Waals surface area (Å²) in [5.41, 5.74) is 1.10. The van der Waals surface area contributed by atoms with Gasteiger partial charge < -0.3 is 19.4 Å². The number of allylic oxidation sites excluding steroid dienone is 1. The Labute approximate surface area is 250 Å². The Kier molecular flexibility index (Phi) is 9.51. The SMILES string of the molecule is COc1cc(C(=O)C=CC(=O)N2CCC(N3CCCN(C)CC3)CC2)ccc1ON(C(C)=O)c1nc2ccccc2s1. The van der Waals surface area contributed by atoms with Crippen molar-refractivity contribution in [2.75, 3.05) is 58.5 Å². The van der Waals surface area contributed by atoms with Gasteiger partial charge in [-0.2, -0.15) is 0 Å². The van der Waals surface area contributed by atoms with Crippen molar-refractivity contribution < 1.29 is 24.0 Å². The Morgan fingerprint density at radius 1 is 0.976 bits per heavy atom. The minimum absolute atomic E-state index is 0.155. The molecule has 11 heteroatoms. The van der Waals surface area contributed by atoms with Crippen LogP contribution in [0, 0.1) is 0 Å². The fraction of sp³-hybridized carbons (Fsp3) is 0.419. The average molecular weight is 592 g/mol. The maximum atomic E-state index is 12.9. The van der Waals surface area contributed by atoms with Gasteiger partial charge in [0.15, 0.2) is 17.3 Å². The van der Waals surface area contributed by atoms with Crippen molar-refractivity contribution in [2.45, 2.75) is 32.2 Å². The number of aromatic nitrogens is 1. The van der Waals surface area contributed by atoms with E-state index in [1.165, 1.54) is 50.0 Å². The first-order valence-electron chi connectivity index (χ1n) is 14.3. The fourth-order valence-electron chi connectivity index (χ4n) is 5.41. The molecule has 2 saturated heterocycles. The summed E-state index contributed by atoms with van der Waals surface area (Å²) in [6, 6.07) is 12.8. The lowest BCUT2D eigenvalue weighted by Gasteiger charge is -2.37. The molecule has 2 aliphatic rings. The highest BCUT2D eigenvalue weighted by Crippen LogP contribution is 2.33. The van der Waals surface area contributed by atoms with E-state index >= 15 is 0 Å². The maximum Gasteiger partial charge on any atom is 0.259 e. The maximum absolute atomic E-state index is 12.9. The van der Waals surface area contributed by atoms with Crippen LogP contribution < -0.4 is 14.6 Å². The molecule has 0 spiro atoms. The van der Waals surface area contributed by atoms with E-state index in [0.29, 0.717) is 29.8 Å². The molecule has 0 radical (unpaired) electrons. The molecule has 2 aliphatic heterocycles. The minimum atomic E-state index is -0.360. The number of hydrogen-bond donors (Lipinski definition) is 0. The van der Waals surface area contributed by atoms with Crippen molar-refractivity contribution in [1.29, 1.82) is 0 Å². The molecule has 2 fully saturated rings. The quantitative estimate of drug-likeness (QED) is 0.220. The number of likely N-dealkylation sites (tertiary alicyclic amines) is 1. The van der Waals surface area contributed by atoms with Gasteiger partial charge in [0.1, 0.15) is 0 Å². The summed E-state index contributed by atoms with van der Waals surface area (Å²) in [6.45, 7) is 7.17. The number of anilines is 1. The second-order valence-corrected chi connectivity index (χ2v) is 11.7. The number of carbonyl (C=O) groups excluding carboxylic acids is 3. The van der Waals surface area contributed by atoms with E-state index in [9.17, 15) is 14.4 Å². The molecule has 0 N–H and O–H groups in total. The van der Waals surface area contributed by atoms with E-state index in [-0.39, 0.29) is 29.1 Å². The van der Waals surface area contributed by atoms with Crippen molar-refractivity contribution in [1.82, 2.24) is 19.7 Å². The first kappa shape index (κ1) is 29.7. The molecule has 2 amide bonds. The molecule has 2 aromatic carbocycles. The zero-order chi connectivity index (χ0) is 29.6. The van der Waals surface area contributed by atoms with Gasteiger partial charge in [-0.3, -0.25) is 19.3 Å². The lowest BCUT2D eigenvalue weighted by Crippen LogP contribution is -2.47. The van der Waals surface area contributed by atoms with Crippen LogP contribution in [0.1, 0.15) is 36.5 Å². The van der Waals surface area contributed by atoms with E-state index < -0.39 is 0 Å². The number of ether oxygens (including phenoxy) is 1. The van der Waals surface area contributed by atoms with Gasteiger partial charge in [-0.15, -0.1) is 5.06 Å². The molecule has 0 unspecified atom stereocenters. The largest absolute Gasteiger partial charge is 0.493 e. The Hall–Kier alpha value is -3.80. The van der Waals surface area contributed by atoms with Crippen molar-refractivity contribution in [2.24, 2.45) is 0 Å². The number of amides is 2. The van der Waals surface area contributed by atoms with Gasteiger partial charge in [0, 0.05) is 50.8 Å². The highest BCUT2D eigenvalue weighted by molar-refractivity contribution is 7.22. The standard InChI is InChI=1S/C31H37N5O5S/c1-22(37)36(31-32-25-7-4-5-8-29(25)42-31)41-27-11-9-23(21-28(27)40-3)26(38)10-12-30(39)35-17-13-24(14-18-35)34-16-6-15-33(2)19-20-34/h4-5,7-12,21,24H,6,13-20H2,1-3H3. The first-order chi connectivity index (χ1) is 20.3.